The molecule has 108 valence electrons. The van der Waals surface area contributed by atoms with E-state index in [0.717, 1.165) is 24.1 Å². The third-order valence-electron chi connectivity index (χ3n) is 3.89. The molecule has 1 aliphatic rings. The fourth-order valence-electron chi connectivity index (χ4n) is 2.84. The van der Waals surface area contributed by atoms with Crippen molar-refractivity contribution >= 4 is 5.91 Å². The van der Waals surface area contributed by atoms with Crippen LogP contribution in [-0.2, 0) is 0 Å². The molecule has 2 aromatic heterocycles. The normalized spacial score (nSPS) is 18.0. The van der Waals surface area contributed by atoms with Crippen molar-refractivity contribution in [2.75, 3.05) is 6.54 Å². The van der Waals surface area contributed by atoms with Crippen LogP contribution in [0.25, 0.3) is 0 Å². The zero-order valence-corrected chi connectivity index (χ0v) is 11.9. The van der Waals surface area contributed by atoms with Crippen LogP contribution in [0.2, 0.25) is 0 Å². The highest BCUT2D eigenvalue weighted by atomic mass is 16.2. The number of aromatic amines is 1. The number of nitrogens with zero attached hydrogens (tertiary/aromatic N) is 2. The Bertz CT molecular complexity index is 709. The Balaban J connectivity index is 1.92. The highest BCUT2D eigenvalue weighted by Crippen LogP contribution is 2.32. The van der Waals surface area contributed by atoms with Gasteiger partial charge in [-0.2, -0.15) is 0 Å². The Kier molecular flexibility index (Phi) is 3.56. The van der Waals surface area contributed by atoms with E-state index >= 15 is 0 Å². The lowest BCUT2D eigenvalue weighted by molar-refractivity contribution is 0.0733. The SMILES string of the molecule is Cc1ccc(C(=O)N2CCCC2c2ccncc2)c(=O)[nH]1. The van der Waals surface area contributed by atoms with Crippen molar-refractivity contribution in [1.82, 2.24) is 14.9 Å². The number of nitrogens with one attached hydrogen (secondary N) is 1. The first-order valence-corrected chi connectivity index (χ1v) is 7.07. The lowest BCUT2D eigenvalue weighted by Crippen LogP contribution is -2.34. The molecule has 5 heteroatoms. The van der Waals surface area contributed by atoms with Gasteiger partial charge in [0.1, 0.15) is 5.56 Å². The van der Waals surface area contributed by atoms with Crippen LogP contribution in [0.15, 0.2) is 41.5 Å². The molecule has 0 radical (unpaired) electrons. The van der Waals surface area contributed by atoms with Crippen LogP contribution in [-0.4, -0.2) is 27.3 Å². The number of hydrogen-bond donors (Lipinski definition) is 1. The van der Waals surface area contributed by atoms with Gasteiger partial charge in [0.25, 0.3) is 11.5 Å². The highest BCUT2D eigenvalue weighted by molar-refractivity contribution is 5.94. The van der Waals surface area contributed by atoms with Gasteiger partial charge in [0.05, 0.1) is 6.04 Å². The molecule has 21 heavy (non-hydrogen) atoms. The van der Waals surface area contributed by atoms with E-state index in [-0.39, 0.29) is 23.1 Å². The van der Waals surface area contributed by atoms with Crippen LogP contribution in [0.5, 0.6) is 0 Å². The Morgan fingerprint density at radius 1 is 1.29 bits per heavy atom. The standard InChI is InChI=1S/C16H17N3O2/c1-11-4-5-13(15(20)18-11)16(21)19-10-2-3-14(19)12-6-8-17-9-7-12/h4-9,14H,2-3,10H2,1H3,(H,18,20). The second-order valence-electron chi connectivity index (χ2n) is 5.32. The van der Waals surface area contributed by atoms with E-state index in [1.165, 1.54) is 0 Å². The Morgan fingerprint density at radius 3 is 2.76 bits per heavy atom. The van der Waals surface area contributed by atoms with Crippen LogP contribution >= 0.6 is 0 Å². The molecular weight excluding hydrogens is 266 g/mol. The molecule has 1 N–H and O–H groups in total. The smallest absolute Gasteiger partial charge is 0.260 e. The van der Waals surface area contributed by atoms with Gasteiger partial charge in [-0.05, 0) is 49.6 Å². The van der Waals surface area contributed by atoms with Gasteiger partial charge < -0.3 is 9.88 Å². The molecule has 0 bridgehead atoms. The summed E-state index contributed by atoms with van der Waals surface area (Å²) in [5, 5.41) is 0. The lowest BCUT2D eigenvalue weighted by Gasteiger charge is -2.24. The first kappa shape index (κ1) is 13.5. The van der Waals surface area contributed by atoms with Crippen molar-refractivity contribution in [1.29, 1.82) is 0 Å². The number of H-pyrrole nitrogens is 1. The number of carbonyl (C=O) groups excluding carboxylic acids is 1. The summed E-state index contributed by atoms with van der Waals surface area (Å²) in [4.78, 5) is 33.1. The number of hydrogen-bond acceptors (Lipinski definition) is 3. The van der Waals surface area contributed by atoms with Gasteiger partial charge in [0, 0.05) is 24.6 Å². The van der Waals surface area contributed by atoms with Gasteiger partial charge in [-0.15, -0.1) is 0 Å². The summed E-state index contributed by atoms with van der Waals surface area (Å²) in [6.45, 7) is 2.48. The number of pyridine rings is 2. The van der Waals surface area contributed by atoms with Gasteiger partial charge in [-0.25, -0.2) is 0 Å². The number of likely N-dealkylation sites (tertiary alicyclic amines) is 1. The van der Waals surface area contributed by atoms with Crippen LogP contribution in [0.1, 0.15) is 40.5 Å². The molecule has 1 unspecified atom stereocenters. The van der Waals surface area contributed by atoms with E-state index in [1.54, 1.807) is 36.4 Å². The number of rotatable bonds is 2. The predicted molar refractivity (Wildman–Crippen MR) is 79.0 cm³/mol. The Labute approximate surface area is 122 Å². The largest absolute Gasteiger partial charge is 0.331 e. The minimum atomic E-state index is -0.319. The summed E-state index contributed by atoms with van der Waals surface area (Å²) < 4.78 is 0. The molecule has 1 fully saturated rings. The fraction of sp³-hybridized carbons (Fsp3) is 0.312. The summed E-state index contributed by atoms with van der Waals surface area (Å²) in [5.74, 6) is -0.199. The zero-order chi connectivity index (χ0) is 14.8. The summed E-state index contributed by atoms with van der Waals surface area (Å²) in [6.07, 6.45) is 5.33. The van der Waals surface area contributed by atoms with E-state index in [1.807, 2.05) is 12.1 Å². The number of aryl methyl sites for hydroxylation is 1. The fourth-order valence-corrected chi connectivity index (χ4v) is 2.84. The summed E-state index contributed by atoms with van der Waals surface area (Å²) in [7, 11) is 0. The average molecular weight is 283 g/mol. The van der Waals surface area contributed by atoms with Gasteiger partial charge in [0.15, 0.2) is 0 Å². The highest BCUT2D eigenvalue weighted by Gasteiger charge is 2.31. The molecule has 1 saturated heterocycles. The summed E-state index contributed by atoms with van der Waals surface area (Å²) in [5.41, 5.74) is 1.71. The van der Waals surface area contributed by atoms with Crippen molar-refractivity contribution in [2.45, 2.75) is 25.8 Å². The van der Waals surface area contributed by atoms with Gasteiger partial charge in [-0.3, -0.25) is 14.6 Å². The Hall–Kier alpha value is -2.43. The van der Waals surface area contributed by atoms with Gasteiger partial charge >= 0.3 is 0 Å². The third kappa shape index (κ3) is 2.59. The van der Waals surface area contributed by atoms with Gasteiger partial charge in [0.2, 0.25) is 0 Å². The van der Waals surface area contributed by atoms with Crippen molar-refractivity contribution in [3.63, 3.8) is 0 Å². The number of carbonyl (C=O) groups is 1. The van der Waals surface area contributed by atoms with Crippen molar-refractivity contribution < 1.29 is 4.79 Å². The quantitative estimate of drug-likeness (QED) is 0.917. The monoisotopic (exact) mass is 283 g/mol. The maximum Gasteiger partial charge on any atom is 0.260 e. The summed E-state index contributed by atoms with van der Waals surface area (Å²) >= 11 is 0. The van der Waals surface area contributed by atoms with Crippen molar-refractivity contribution in [3.8, 4) is 0 Å². The maximum atomic E-state index is 12.7. The summed E-state index contributed by atoms with van der Waals surface area (Å²) in [6, 6.07) is 7.25. The first-order valence-electron chi connectivity index (χ1n) is 7.07. The second kappa shape index (κ2) is 5.52. The molecule has 1 aliphatic heterocycles. The molecule has 3 rings (SSSR count). The molecule has 1 atom stereocenters. The van der Waals surface area contributed by atoms with E-state index < -0.39 is 0 Å². The van der Waals surface area contributed by atoms with E-state index in [9.17, 15) is 9.59 Å². The Morgan fingerprint density at radius 2 is 2.05 bits per heavy atom. The molecule has 2 aromatic rings. The maximum absolute atomic E-state index is 12.7. The molecule has 0 spiro atoms. The van der Waals surface area contributed by atoms with E-state index in [4.69, 9.17) is 0 Å². The second-order valence-corrected chi connectivity index (χ2v) is 5.32. The van der Waals surface area contributed by atoms with E-state index in [0.29, 0.717) is 6.54 Å². The van der Waals surface area contributed by atoms with Crippen LogP contribution in [0.4, 0.5) is 0 Å². The number of amides is 1. The minimum absolute atomic E-state index is 0.0289. The minimum Gasteiger partial charge on any atom is -0.331 e. The topological polar surface area (TPSA) is 66.1 Å². The number of aromatic nitrogens is 2. The van der Waals surface area contributed by atoms with Crippen LogP contribution < -0.4 is 5.56 Å². The lowest BCUT2D eigenvalue weighted by atomic mass is 10.1. The zero-order valence-electron chi connectivity index (χ0n) is 11.9. The predicted octanol–water partition coefficient (Wildman–Crippen LogP) is 2.06. The molecule has 0 aromatic carbocycles. The van der Waals surface area contributed by atoms with Crippen LogP contribution in [0.3, 0.4) is 0 Å². The van der Waals surface area contributed by atoms with Crippen LogP contribution in [0, 0.1) is 6.92 Å². The molecule has 3 heterocycles. The molecule has 0 saturated carbocycles. The third-order valence-corrected chi connectivity index (χ3v) is 3.89. The van der Waals surface area contributed by atoms with Crippen molar-refractivity contribution in [2.24, 2.45) is 0 Å². The first-order chi connectivity index (χ1) is 10.2. The molecule has 1 amide bonds. The van der Waals surface area contributed by atoms with Gasteiger partial charge in [-0.1, -0.05) is 0 Å². The molecule has 0 aliphatic carbocycles. The van der Waals surface area contributed by atoms with E-state index in [2.05, 4.69) is 9.97 Å². The van der Waals surface area contributed by atoms with Crippen molar-refractivity contribution in [3.05, 3.63) is 63.8 Å². The molecule has 5 nitrogen and oxygen atoms in total. The average Bonchev–Trinajstić information content (AvgIpc) is 2.97. The molecular formula is C16H17N3O2.